The quantitative estimate of drug-likeness (QED) is 0.856. The van der Waals surface area contributed by atoms with E-state index in [-0.39, 0.29) is 30.3 Å². The van der Waals surface area contributed by atoms with E-state index in [9.17, 15) is 4.79 Å². The molecule has 2 rings (SSSR count). The highest BCUT2D eigenvalue weighted by Crippen LogP contribution is 2.36. The van der Waals surface area contributed by atoms with E-state index in [1.54, 1.807) is 12.1 Å². The molecule has 1 fully saturated rings. The van der Waals surface area contributed by atoms with E-state index < -0.39 is 0 Å². The van der Waals surface area contributed by atoms with Crippen LogP contribution < -0.4 is 20.5 Å². The van der Waals surface area contributed by atoms with Gasteiger partial charge in [0.05, 0.1) is 24.9 Å². The molecule has 0 radical (unpaired) electrons. The van der Waals surface area contributed by atoms with Crippen LogP contribution in [0.5, 0.6) is 11.5 Å². The molecule has 0 spiro atoms. The van der Waals surface area contributed by atoms with Gasteiger partial charge in [-0.2, -0.15) is 0 Å². The summed E-state index contributed by atoms with van der Waals surface area (Å²) in [6, 6.07) is 3.41. The Hall–Kier alpha value is -1.17. The summed E-state index contributed by atoms with van der Waals surface area (Å²) in [6.07, 6.45) is 3.52. The zero-order valence-corrected chi connectivity index (χ0v) is 14.3. The second-order valence-electron chi connectivity index (χ2n) is 5.29. The molecule has 1 saturated carbocycles. The Morgan fingerprint density at radius 3 is 2.55 bits per heavy atom. The lowest BCUT2D eigenvalue weighted by Gasteiger charge is -2.16. The van der Waals surface area contributed by atoms with Crippen LogP contribution in [0.15, 0.2) is 12.1 Å². The predicted octanol–water partition coefficient (Wildman–Crippen LogP) is 3.24. The van der Waals surface area contributed by atoms with Crippen LogP contribution in [0, 0.1) is 5.92 Å². The molecule has 1 aliphatic carbocycles. The lowest BCUT2D eigenvalue weighted by atomic mass is 10.00. The Kier molecular flexibility index (Phi) is 7.26. The molecule has 7 heteroatoms. The number of carbonyl (C=O) groups excluding carboxylic acids is 1. The topological polar surface area (TPSA) is 73.6 Å². The number of methoxy groups -OCH3 is 2. The van der Waals surface area contributed by atoms with Crippen molar-refractivity contribution in [2.24, 2.45) is 11.7 Å². The average Bonchev–Trinajstić information content (AvgIpc) is 2.84. The van der Waals surface area contributed by atoms with E-state index in [0.29, 0.717) is 28.6 Å². The molecule has 0 unspecified atom stereocenters. The minimum Gasteiger partial charge on any atom is -0.495 e. The molecule has 2 atom stereocenters. The summed E-state index contributed by atoms with van der Waals surface area (Å²) in [6.45, 7) is 0. The van der Waals surface area contributed by atoms with Crippen LogP contribution >= 0.6 is 24.0 Å². The summed E-state index contributed by atoms with van der Waals surface area (Å²) in [4.78, 5) is 12.2. The highest BCUT2D eigenvalue weighted by molar-refractivity contribution is 6.32. The molecule has 1 aromatic rings. The third-order valence-electron chi connectivity index (χ3n) is 3.91. The third kappa shape index (κ3) is 4.41. The summed E-state index contributed by atoms with van der Waals surface area (Å²) in [5.74, 6) is 1.20. The maximum atomic E-state index is 12.2. The summed E-state index contributed by atoms with van der Waals surface area (Å²) < 4.78 is 10.4. The van der Waals surface area contributed by atoms with Crippen molar-refractivity contribution in [1.29, 1.82) is 0 Å². The van der Waals surface area contributed by atoms with Crippen LogP contribution in [0.25, 0.3) is 0 Å². The van der Waals surface area contributed by atoms with E-state index in [2.05, 4.69) is 5.32 Å². The fourth-order valence-electron chi connectivity index (χ4n) is 2.72. The van der Waals surface area contributed by atoms with E-state index in [1.807, 2.05) is 0 Å². The number of nitrogens with two attached hydrogens (primary N) is 1. The molecule has 124 valence electrons. The van der Waals surface area contributed by atoms with E-state index in [4.69, 9.17) is 26.8 Å². The Morgan fingerprint density at radius 1 is 1.32 bits per heavy atom. The van der Waals surface area contributed by atoms with Gasteiger partial charge < -0.3 is 20.5 Å². The summed E-state index contributed by atoms with van der Waals surface area (Å²) >= 11 is 6.08. The maximum absolute atomic E-state index is 12.2. The van der Waals surface area contributed by atoms with Gasteiger partial charge in [-0.3, -0.25) is 4.79 Å². The fourth-order valence-corrected chi connectivity index (χ4v) is 2.96. The summed E-state index contributed by atoms with van der Waals surface area (Å²) in [5.41, 5.74) is 6.54. The Balaban J connectivity index is 0.00000242. The van der Waals surface area contributed by atoms with E-state index >= 15 is 0 Å². The van der Waals surface area contributed by atoms with Crippen LogP contribution in [0.2, 0.25) is 5.02 Å². The molecule has 0 aliphatic heterocycles. The van der Waals surface area contributed by atoms with Gasteiger partial charge >= 0.3 is 0 Å². The standard InChI is InChI=1S/C15H21ClN2O3.ClH/c1-20-13-8-14(21-2)12(7-10(13)16)18-15(19)6-9-4-3-5-11(9)17;/h7-9,11H,3-6,17H2,1-2H3,(H,18,19);1H/t9-,11+;/m0./s1. The molecule has 22 heavy (non-hydrogen) atoms. The molecule has 1 aromatic carbocycles. The molecular formula is C15H22Cl2N2O3. The first kappa shape index (κ1) is 18.9. The molecule has 0 bridgehead atoms. The van der Waals surface area contributed by atoms with Crippen LogP contribution in [0.4, 0.5) is 5.69 Å². The highest BCUT2D eigenvalue weighted by atomic mass is 35.5. The lowest BCUT2D eigenvalue weighted by Crippen LogP contribution is -2.28. The number of hydrogen-bond acceptors (Lipinski definition) is 4. The van der Waals surface area contributed by atoms with Crippen molar-refractivity contribution in [3.05, 3.63) is 17.2 Å². The minimum absolute atomic E-state index is 0. The predicted molar refractivity (Wildman–Crippen MR) is 90.4 cm³/mol. The highest BCUT2D eigenvalue weighted by Gasteiger charge is 2.26. The first-order valence-corrected chi connectivity index (χ1v) is 7.40. The van der Waals surface area contributed by atoms with E-state index in [0.717, 1.165) is 19.3 Å². The van der Waals surface area contributed by atoms with Crippen molar-refractivity contribution >= 4 is 35.6 Å². The van der Waals surface area contributed by atoms with Gasteiger partial charge in [-0.05, 0) is 24.8 Å². The maximum Gasteiger partial charge on any atom is 0.224 e. The molecule has 5 nitrogen and oxygen atoms in total. The van der Waals surface area contributed by atoms with Crippen LogP contribution in [-0.4, -0.2) is 26.2 Å². The van der Waals surface area contributed by atoms with E-state index in [1.165, 1.54) is 14.2 Å². The number of rotatable bonds is 5. The third-order valence-corrected chi connectivity index (χ3v) is 4.21. The van der Waals surface area contributed by atoms with Crippen molar-refractivity contribution in [3.63, 3.8) is 0 Å². The SMILES string of the molecule is COc1cc(OC)c(NC(=O)C[C@@H]2CCC[C@H]2N)cc1Cl.Cl. The Morgan fingerprint density at radius 2 is 2.00 bits per heavy atom. The Labute approximate surface area is 141 Å². The molecule has 0 saturated heterocycles. The Bertz CT molecular complexity index is 526. The van der Waals surface area contributed by atoms with Gasteiger partial charge in [-0.25, -0.2) is 0 Å². The normalized spacial score (nSPS) is 20.2. The van der Waals surface area contributed by atoms with Gasteiger partial charge in [0.1, 0.15) is 11.5 Å². The van der Waals surface area contributed by atoms with Gasteiger partial charge in [0.2, 0.25) is 5.91 Å². The largest absolute Gasteiger partial charge is 0.495 e. The van der Waals surface area contributed by atoms with Gasteiger partial charge in [-0.15, -0.1) is 12.4 Å². The number of nitrogens with one attached hydrogen (secondary N) is 1. The average molecular weight is 349 g/mol. The second kappa shape index (κ2) is 8.46. The van der Waals surface area contributed by atoms with Crippen LogP contribution in [0.3, 0.4) is 0 Å². The van der Waals surface area contributed by atoms with Gasteiger partial charge in [0.25, 0.3) is 0 Å². The number of anilines is 1. The number of carbonyl (C=O) groups is 1. The first-order chi connectivity index (χ1) is 10.0. The number of amides is 1. The van der Waals surface area contributed by atoms with Gasteiger partial charge in [0, 0.05) is 18.5 Å². The number of halogens is 2. The molecule has 1 aliphatic rings. The monoisotopic (exact) mass is 348 g/mol. The van der Waals surface area contributed by atoms with Crippen LogP contribution in [0.1, 0.15) is 25.7 Å². The fraction of sp³-hybridized carbons (Fsp3) is 0.533. The first-order valence-electron chi connectivity index (χ1n) is 7.02. The van der Waals surface area contributed by atoms with Crippen molar-refractivity contribution in [3.8, 4) is 11.5 Å². The lowest BCUT2D eigenvalue weighted by molar-refractivity contribution is -0.117. The zero-order valence-electron chi connectivity index (χ0n) is 12.7. The smallest absolute Gasteiger partial charge is 0.224 e. The molecule has 0 heterocycles. The molecular weight excluding hydrogens is 327 g/mol. The number of ether oxygens (including phenoxy) is 2. The van der Waals surface area contributed by atoms with Crippen molar-refractivity contribution < 1.29 is 14.3 Å². The summed E-state index contributed by atoms with van der Waals surface area (Å²) in [5, 5.41) is 3.26. The second-order valence-corrected chi connectivity index (χ2v) is 5.70. The number of hydrogen-bond donors (Lipinski definition) is 2. The van der Waals surface area contributed by atoms with Crippen molar-refractivity contribution in [2.45, 2.75) is 31.7 Å². The molecule has 3 N–H and O–H groups in total. The summed E-state index contributed by atoms with van der Waals surface area (Å²) in [7, 11) is 3.06. The molecule has 1 amide bonds. The minimum atomic E-state index is -0.0723. The van der Waals surface area contributed by atoms with Gasteiger partial charge in [0.15, 0.2) is 0 Å². The van der Waals surface area contributed by atoms with Crippen molar-refractivity contribution in [2.75, 3.05) is 19.5 Å². The van der Waals surface area contributed by atoms with Crippen LogP contribution in [-0.2, 0) is 4.79 Å². The number of benzene rings is 1. The molecule has 0 aromatic heterocycles. The zero-order chi connectivity index (χ0) is 15.4. The van der Waals surface area contributed by atoms with Gasteiger partial charge in [-0.1, -0.05) is 18.0 Å². The van der Waals surface area contributed by atoms with Crippen molar-refractivity contribution in [1.82, 2.24) is 0 Å².